The SMILES string of the molecule is [Zr+2].c1ccc2c(c1)Cc1c([N-]c3cccc4c3Cc3ccccc3-4)cccc1-2.c1ccc2c(c1)Cc1c([N-]c3cccc4c3Cc3ccccc3-4)cccc1-2. The average Bonchev–Trinajstić information content (AvgIpc) is 4.00. The molecule has 0 bridgehead atoms. The van der Waals surface area contributed by atoms with Gasteiger partial charge in [-0.15, -0.1) is 22.7 Å². The van der Waals surface area contributed by atoms with Crippen LogP contribution in [0.1, 0.15) is 44.5 Å². The van der Waals surface area contributed by atoms with E-state index in [0.29, 0.717) is 0 Å². The first-order valence-electron chi connectivity index (χ1n) is 19.0. The van der Waals surface area contributed by atoms with Crippen molar-refractivity contribution >= 4 is 22.7 Å². The van der Waals surface area contributed by atoms with Crippen molar-refractivity contribution < 1.29 is 26.2 Å². The van der Waals surface area contributed by atoms with Crippen LogP contribution in [-0.2, 0) is 51.9 Å². The molecule has 0 radical (unpaired) electrons. The van der Waals surface area contributed by atoms with Crippen molar-refractivity contribution in [3.05, 3.63) is 225 Å². The van der Waals surface area contributed by atoms with Gasteiger partial charge in [0.2, 0.25) is 0 Å². The third kappa shape index (κ3) is 5.72. The summed E-state index contributed by atoms with van der Waals surface area (Å²) in [6.07, 6.45) is 3.89. The summed E-state index contributed by atoms with van der Waals surface area (Å²) in [5, 5.41) is 10.3. The quantitative estimate of drug-likeness (QED) is 0.170. The van der Waals surface area contributed by atoms with Gasteiger partial charge in [-0.3, -0.25) is 0 Å². The molecule has 55 heavy (non-hydrogen) atoms. The minimum Gasteiger partial charge on any atom is -0.657 e. The molecule has 0 saturated carbocycles. The fourth-order valence-corrected chi connectivity index (χ4v) is 9.24. The van der Waals surface area contributed by atoms with Gasteiger partial charge in [-0.25, -0.2) is 0 Å². The predicted octanol–water partition coefficient (Wildman–Crippen LogP) is 14.3. The van der Waals surface area contributed by atoms with Gasteiger partial charge in [-0.1, -0.05) is 192 Å². The Bertz CT molecular complexity index is 2410. The molecule has 0 saturated heterocycles. The molecule has 4 aliphatic rings. The number of hydrogen-bond donors (Lipinski definition) is 0. The second-order valence-corrected chi connectivity index (χ2v) is 14.8. The standard InChI is InChI=1S/2C26H18N.Zr/c2*1-3-9-19-17(7-1)15-23-21(19)11-5-13-25(23)27-26-14-6-12-22-20-10-4-2-8-18(20)16-24(22)26;/h2*1-14H,15-16H2;/q2*-1;+2. The molecule has 258 valence electrons. The van der Waals surface area contributed by atoms with Crippen molar-refractivity contribution in [2.75, 3.05) is 0 Å². The van der Waals surface area contributed by atoms with Gasteiger partial charge < -0.3 is 10.6 Å². The molecule has 0 spiro atoms. The fourth-order valence-electron chi connectivity index (χ4n) is 9.24. The number of benzene rings is 8. The summed E-state index contributed by atoms with van der Waals surface area (Å²) in [4.78, 5) is 0. The van der Waals surface area contributed by atoms with Gasteiger partial charge in [0.1, 0.15) is 0 Å². The number of nitrogens with zero attached hydrogens (tertiary/aromatic N) is 2. The maximum atomic E-state index is 5.15. The molecule has 0 fully saturated rings. The summed E-state index contributed by atoms with van der Waals surface area (Å²) >= 11 is 0. The van der Waals surface area contributed by atoms with Crippen LogP contribution in [0.4, 0.5) is 22.7 Å². The first-order valence-corrected chi connectivity index (χ1v) is 19.0. The fraction of sp³-hybridized carbons (Fsp3) is 0.0769. The van der Waals surface area contributed by atoms with Crippen molar-refractivity contribution in [3.8, 4) is 44.5 Å². The third-order valence-electron chi connectivity index (χ3n) is 11.8. The Kier molecular flexibility index (Phi) is 8.49. The van der Waals surface area contributed by atoms with Crippen LogP contribution in [-0.4, -0.2) is 0 Å². The number of rotatable bonds is 4. The Balaban J connectivity index is 0.000000133. The van der Waals surface area contributed by atoms with E-state index in [1.165, 1.54) is 89.0 Å². The topological polar surface area (TPSA) is 28.2 Å². The van der Waals surface area contributed by atoms with Crippen molar-refractivity contribution in [1.29, 1.82) is 0 Å². The second kappa shape index (κ2) is 13.8. The van der Waals surface area contributed by atoms with Crippen LogP contribution in [0.5, 0.6) is 0 Å². The van der Waals surface area contributed by atoms with Crippen LogP contribution in [0.15, 0.2) is 170 Å². The molecule has 8 aromatic rings. The van der Waals surface area contributed by atoms with Gasteiger partial charge in [-0.2, -0.15) is 0 Å². The molecule has 0 unspecified atom stereocenters. The van der Waals surface area contributed by atoms with Crippen molar-refractivity contribution in [1.82, 2.24) is 0 Å². The van der Waals surface area contributed by atoms with Crippen molar-refractivity contribution in [3.63, 3.8) is 0 Å². The van der Waals surface area contributed by atoms with Crippen molar-refractivity contribution in [2.45, 2.75) is 25.7 Å². The van der Waals surface area contributed by atoms with Crippen LogP contribution in [0.3, 0.4) is 0 Å². The first-order chi connectivity index (χ1) is 26.8. The average molecular weight is 780 g/mol. The Labute approximate surface area is 342 Å². The molecule has 12 rings (SSSR count). The van der Waals surface area contributed by atoms with Gasteiger partial charge >= 0.3 is 26.2 Å². The molecular formula is C52H36N2Zr. The van der Waals surface area contributed by atoms with Crippen LogP contribution in [0.2, 0.25) is 0 Å². The molecule has 3 heteroatoms. The van der Waals surface area contributed by atoms with E-state index in [0.717, 1.165) is 48.4 Å². The summed E-state index contributed by atoms with van der Waals surface area (Å²) in [6, 6.07) is 60.9. The summed E-state index contributed by atoms with van der Waals surface area (Å²) in [5.74, 6) is 0. The molecular weight excluding hydrogens is 744 g/mol. The summed E-state index contributed by atoms with van der Waals surface area (Å²) < 4.78 is 0. The Morgan fingerprint density at radius 3 is 0.709 bits per heavy atom. The minimum atomic E-state index is 0. The normalized spacial score (nSPS) is 12.7. The minimum absolute atomic E-state index is 0. The van der Waals surface area contributed by atoms with Gasteiger partial charge in [0.25, 0.3) is 0 Å². The molecule has 0 aromatic heterocycles. The monoisotopic (exact) mass is 778 g/mol. The molecule has 2 nitrogen and oxygen atoms in total. The Hall–Kier alpha value is -5.76. The molecule has 0 heterocycles. The van der Waals surface area contributed by atoms with Gasteiger partial charge in [0.05, 0.1) is 0 Å². The third-order valence-corrected chi connectivity index (χ3v) is 11.8. The zero-order valence-corrected chi connectivity index (χ0v) is 32.8. The van der Waals surface area contributed by atoms with Crippen LogP contribution in [0, 0.1) is 0 Å². The smallest absolute Gasteiger partial charge is 0.657 e. The second-order valence-electron chi connectivity index (χ2n) is 14.8. The molecule has 4 aliphatic carbocycles. The van der Waals surface area contributed by atoms with E-state index in [1.54, 1.807) is 0 Å². The molecule has 0 N–H and O–H groups in total. The van der Waals surface area contributed by atoms with E-state index in [1.807, 2.05) is 0 Å². The van der Waals surface area contributed by atoms with Gasteiger partial charge in [-0.05, 0) is 92.4 Å². The largest absolute Gasteiger partial charge is 2.00 e. The van der Waals surface area contributed by atoms with E-state index >= 15 is 0 Å². The summed E-state index contributed by atoms with van der Waals surface area (Å²) in [5.41, 5.74) is 26.2. The predicted molar refractivity (Wildman–Crippen MR) is 224 cm³/mol. The van der Waals surface area contributed by atoms with E-state index in [9.17, 15) is 0 Å². The van der Waals surface area contributed by atoms with Crippen LogP contribution >= 0.6 is 0 Å². The number of hydrogen-bond acceptors (Lipinski definition) is 0. The molecule has 0 atom stereocenters. The van der Waals surface area contributed by atoms with Gasteiger partial charge in [0, 0.05) is 0 Å². The maximum Gasteiger partial charge on any atom is 2.00 e. The first kappa shape index (κ1) is 33.8. The maximum absolute atomic E-state index is 5.15. The Morgan fingerprint density at radius 1 is 0.236 bits per heavy atom. The summed E-state index contributed by atoms with van der Waals surface area (Å²) in [6.45, 7) is 0. The molecule has 0 amide bonds. The molecule has 8 aromatic carbocycles. The van der Waals surface area contributed by atoms with Crippen LogP contribution < -0.4 is 0 Å². The van der Waals surface area contributed by atoms with E-state index < -0.39 is 0 Å². The van der Waals surface area contributed by atoms with Crippen LogP contribution in [0.25, 0.3) is 55.1 Å². The number of fused-ring (bicyclic) bond motifs is 12. The van der Waals surface area contributed by atoms with E-state index in [-0.39, 0.29) is 26.2 Å². The van der Waals surface area contributed by atoms with Crippen molar-refractivity contribution in [2.24, 2.45) is 0 Å². The Morgan fingerprint density at radius 2 is 0.455 bits per heavy atom. The zero-order valence-electron chi connectivity index (χ0n) is 30.4. The zero-order chi connectivity index (χ0) is 35.6. The van der Waals surface area contributed by atoms with Gasteiger partial charge in [0.15, 0.2) is 0 Å². The summed E-state index contributed by atoms with van der Waals surface area (Å²) in [7, 11) is 0. The van der Waals surface area contributed by atoms with E-state index in [4.69, 9.17) is 10.6 Å². The van der Waals surface area contributed by atoms with E-state index in [2.05, 4.69) is 170 Å². The molecule has 0 aliphatic heterocycles.